The van der Waals surface area contributed by atoms with Crippen molar-refractivity contribution in [2.45, 2.75) is 12.5 Å². The summed E-state index contributed by atoms with van der Waals surface area (Å²) >= 11 is 0. The third kappa shape index (κ3) is 4.97. The molecule has 0 aromatic heterocycles. The molecule has 0 spiro atoms. The lowest BCUT2D eigenvalue weighted by Gasteiger charge is -2.12. The number of ether oxygens (including phenoxy) is 1. The largest absolute Gasteiger partial charge is 0.480 e. The summed E-state index contributed by atoms with van der Waals surface area (Å²) in [4.78, 5) is 10.3. The van der Waals surface area contributed by atoms with Gasteiger partial charge in [-0.15, -0.1) is 0 Å². The maximum Gasteiger partial charge on any atom is 0.323 e. The number of alkyl halides is 2. The van der Waals surface area contributed by atoms with Crippen LogP contribution in [0.4, 0.5) is 8.78 Å². The number of carboxylic acid groups (broad SMARTS) is 1. The first-order valence-corrected chi connectivity index (χ1v) is 3.31. The van der Waals surface area contributed by atoms with Gasteiger partial charge in [0.2, 0.25) is 0 Å². The number of carboxylic acids is 1. The lowest BCUT2D eigenvalue weighted by atomic mass is 10.3. The summed E-state index contributed by atoms with van der Waals surface area (Å²) in [6.07, 6.45) is -2.55. The zero-order chi connectivity index (χ0) is 9.56. The normalized spacial score (nSPS) is 13.3. The molecule has 0 rings (SSSR count). The number of hydrogen-bond donors (Lipinski definition) is 2. The van der Waals surface area contributed by atoms with Crippen molar-refractivity contribution >= 4 is 5.97 Å². The van der Waals surface area contributed by atoms with E-state index in [4.69, 9.17) is 5.11 Å². The quantitative estimate of drug-likeness (QED) is 0.605. The maximum absolute atomic E-state index is 11.6. The number of hydrogen-bond acceptors (Lipinski definition) is 3. The molecule has 4 nitrogen and oxygen atoms in total. The minimum atomic E-state index is -2.55. The van der Waals surface area contributed by atoms with E-state index in [2.05, 4.69) is 10.1 Å². The van der Waals surface area contributed by atoms with Gasteiger partial charge in [-0.3, -0.25) is 10.1 Å². The van der Waals surface area contributed by atoms with E-state index in [9.17, 15) is 13.6 Å². The Morgan fingerprint density at radius 3 is 2.58 bits per heavy atom. The van der Waals surface area contributed by atoms with Gasteiger partial charge in [-0.25, -0.2) is 8.78 Å². The van der Waals surface area contributed by atoms with E-state index in [0.29, 0.717) is 0 Å². The highest BCUT2D eigenvalue weighted by Crippen LogP contribution is 1.91. The third-order valence-electron chi connectivity index (χ3n) is 1.15. The van der Waals surface area contributed by atoms with Crippen LogP contribution >= 0.6 is 0 Å². The standard InChI is InChI=1S/C6H11F2NO3/c1-12-3-4(6(10)11)9-2-5(7)8/h4-5,9H,2-3H2,1H3,(H,10,11). The average Bonchev–Trinajstić information content (AvgIpc) is 1.96. The van der Waals surface area contributed by atoms with Crippen molar-refractivity contribution < 1.29 is 23.4 Å². The minimum absolute atomic E-state index is 0.123. The third-order valence-corrected chi connectivity index (χ3v) is 1.15. The molecule has 0 aromatic rings. The van der Waals surface area contributed by atoms with Gasteiger partial charge < -0.3 is 9.84 Å². The lowest BCUT2D eigenvalue weighted by Crippen LogP contribution is -2.42. The molecular weight excluding hydrogens is 172 g/mol. The van der Waals surface area contributed by atoms with E-state index in [-0.39, 0.29) is 6.61 Å². The summed E-state index contributed by atoms with van der Waals surface area (Å²) in [5.74, 6) is -1.20. The highest BCUT2D eigenvalue weighted by Gasteiger charge is 2.17. The first-order valence-electron chi connectivity index (χ1n) is 3.31. The topological polar surface area (TPSA) is 58.6 Å². The van der Waals surface area contributed by atoms with Crippen LogP contribution in [-0.2, 0) is 9.53 Å². The lowest BCUT2D eigenvalue weighted by molar-refractivity contribution is -0.141. The number of carbonyl (C=O) groups is 1. The Balaban J connectivity index is 3.71. The van der Waals surface area contributed by atoms with Crippen LogP contribution in [0.2, 0.25) is 0 Å². The molecule has 0 saturated carbocycles. The van der Waals surface area contributed by atoms with E-state index in [1.165, 1.54) is 7.11 Å². The summed E-state index contributed by atoms with van der Waals surface area (Å²) in [6.45, 7) is -0.762. The Morgan fingerprint density at radius 2 is 2.25 bits per heavy atom. The summed E-state index contributed by atoms with van der Waals surface area (Å²) in [7, 11) is 1.31. The molecule has 0 amide bonds. The van der Waals surface area contributed by atoms with Crippen LogP contribution in [0.15, 0.2) is 0 Å². The van der Waals surface area contributed by atoms with E-state index in [0.717, 1.165) is 0 Å². The molecular formula is C6H11F2NO3. The van der Waals surface area contributed by atoms with Gasteiger partial charge >= 0.3 is 5.97 Å². The molecule has 0 fully saturated rings. The van der Waals surface area contributed by atoms with E-state index >= 15 is 0 Å². The molecule has 0 aliphatic heterocycles. The zero-order valence-corrected chi connectivity index (χ0v) is 6.59. The van der Waals surface area contributed by atoms with E-state index in [1.807, 2.05) is 0 Å². The molecule has 0 aromatic carbocycles. The minimum Gasteiger partial charge on any atom is -0.480 e. The van der Waals surface area contributed by atoms with Gasteiger partial charge in [0.25, 0.3) is 6.43 Å². The number of rotatable bonds is 6. The maximum atomic E-state index is 11.6. The number of nitrogens with one attached hydrogen (secondary N) is 1. The van der Waals surface area contributed by atoms with Crippen molar-refractivity contribution in [3.8, 4) is 0 Å². The summed E-state index contributed by atoms with van der Waals surface area (Å²) in [6, 6.07) is -1.07. The van der Waals surface area contributed by atoms with Gasteiger partial charge in [0.1, 0.15) is 6.04 Å². The fourth-order valence-corrected chi connectivity index (χ4v) is 0.616. The van der Waals surface area contributed by atoms with Gasteiger partial charge in [0.15, 0.2) is 0 Å². The molecule has 1 atom stereocenters. The van der Waals surface area contributed by atoms with Gasteiger partial charge in [-0.1, -0.05) is 0 Å². The van der Waals surface area contributed by atoms with E-state index < -0.39 is 25.0 Å². The first kappa shape index (κ1) is 11.2. The zero-order valence-electron chi connectivity index (χ0n) is 6.59. The monoisotopic (exact) mass is 183 g/mol. The molecule has 0 heterocycles. The highest BCUT2D eigenvalue weighted by molar-refractivity contribution is 5.73. The van der Waals surface area contributed by atoms with Gasteiger partial charge in [0, 0.05) is 7.11 Å². The van der Waals surface area contributed by atoms with Gasteiger partial charge in [-0.05, 0) is 0 Å². The van der Waals surface area contributed by atoms with Crippen molar-refractivity contribution in [2.24, 2.45) is 0 Å². The van der Waals surface area contributed by atoms with Crippen molar-refractivity contribution in [3.63, 3.8) is 0 Å². The second kappa shape index (κ2) is 5.84. The number of aliphatic carboxylic acids is 1. The van der Waals surface area contributed by atoms with Crippen LogP contribution in [0, 0.1) is 0 Å². The second-order valence-corrected chi connectivity index (χ2v) is 2.15. The van der Waals surface area contributed by atoms with Crippen LogP contribution in [-0.4, -0.2) is 43.8 Å². The van der Waals surface area contributed by atoms with Gasteiger partial charge in [-0.2, -0.15) is 0 Å². The molecule has 0 saturated heterocycles. The average molecular weight is 183 g/mol. The Labute approximate surface area is 68.5 Å². The van der Waals surface area contributed by atoms with E-state index in [1.54, 1.807) is 0 Å². The molecule has 1 unspecified atom stereocenters. The first-order chi connectivity index (χ1) is 5.57. The van der Waals surface area contributed by atoms with Gasteiger partial charge in [0.05, 0.1) is 13.2 Å². The smallest absolute Gasteiger partial charge is 0.323 e. The summed E-state index contributed by atoms with van der Waals surface area (Å²) in [5.41, 5.74) is 0. The van der Waals surface area contributed by atoms with Crippen LogP contribution in [0.3, 0.4) is 0 Å². The van der Waals surface area contributed by atoms with Crippen molar-refractivity contribution in [1.82, 2.24) is 5.32 Å². The van der Waals surface area contributed by atoms with Crippen LogP contribution in [0.25, 0.3) is 0 Å². The Hall–Kier alpha value is -0.750. The summed E-state index contributed by atoms with van der Waals surface area (Å²) in [5, 5.41) is 10.6. The van der Waals surface area contributed by atoms with Crippen LogP contribution in [0.5, 0.6) is 0 Å². The van der Waals surface area contributed by atoms with Crippen LogP contribution < -0.4 is 5.32 Å². The Morgan fingerprint density at radius 1 is 1.67 bits per heavy atom. The predicted molar refractivity (Wildman–Crippen MR) is 37.3 cm³/mol. The molecule has 0 bridgehead atoms. The molecule has 2 N–H and O–H groups in total. The molecule has 0 aliphatic rings. The molecule has 72 valence electrons. The van der Waals surface area contributed by atoms with Crippen LogP contribution in [0.1, 0.15) is 0 Å². The Bertz CT molecular complexity index is 143. The van der Waals surface area contributed by atoms with Crippen molar-refractivity contribution in [2.75, 3.05) is 20.3 Å². The highest BCUT2D eigenvalue weighted by atomic mass is 19.3. The number of methoxy groups -OCH3 is 1. The Kier molecular flexibility index (Phi) is 5.48. The SMILES string of the molecule is COCC(NCC(F)F)C(=O)O. The number of halogens is 2. The molecule has 6 heteroatoms. The molecule has 12 heavy (non-hydrogen) atoms. The fourth-order valence-electron chi connectivity index (χ4n) is 0.616. The molecule has 0 aliphatic carbocycles. The van der Waals surface area contributed by atoms with Crippen molar-refractivity contribution in [1.29, 1.82) is 0 Å². The predicted octanol–water partition coefficient (Wildman–Crippen LogP) is -0.0593. The molecule has 0 radical (unpaired) electrons. The van der Waals surface area contributed by atoms with Crippen molar-refractivity contribution in [3.05, 3.63) is 0 Å². The summed E-state index contributed by atoms with van der Waals surface area (Å²) < 4.78 is 27.7. The fraction of sp³-hybridized carbons (Fsp3) is 0.833. The second-order valence-electron chi connectivity index (χ2n) is 2.15.